The number of carbonyl (C=O) groups is 1. The van der Waals surface area contributed by atoms with Gasteiger partial charge in [0.1, 0.15) is 0 Å². The lowest BCUT2D eigenvalue weighted by Gasteiger charge is -2.40. The van der Waals surface area contributed by atoms with Gasteiger partial charge in [-0.3, -0.25) is 4.79 Å². The van der Waals surface area contributed by atoms with Crippen LogP contribution in [0.3, 0.4) is 0 Å². The summed E-state index contributed by atoms with van der Waals surface area (Å²) >= 11 is 4.12. The Morgan fingerprint density at radius 1 is 1.06 bits per heavy atom. The second-order valence-corrected chi connectivity index (χ2v) is 5.63. The molecule has 0 aromatic rings. The van der Waals surface area contributed by atoms with Gasteiger partial charge in [0.05, 0.1) is 0 Å². The largest absolute Gasteiger partial charge is 0.343 e. The first-order chi connectivity index (χ1) is 8.31. The monoisotopic (exact) mass is 256 g/mol. The molecule has 2 saturated heterocycles. The van der Waals surface area contributed by atoms with Crippen molar-refractivity contribution in [3.8, 4) is 0 Å². The van der Waals surface area contributed by atoms with E-state index in [1.54, 1.807) is 0 Å². The van der Waals surface area contributed by atoms with E-state index in [0.29, 0.717) is 12.2 Å². The van der Waals surface area contributed by atoms with Gasteiger partial charge in [-0.15, -0.1) is 0 Å². The summed E-state index contributed by atoms with van der Waals surface area (Å²) in [4.78, 5) is 16.4. The van der Waals surface area contributed by atoms with Gasteiger partial charge in [-0.1, -0.05) is 6.42 Å². The number of piperidine rings is 2. The zero-order valence-corrected chi connectivity index (χ0v) is 11.5. The van der Waals surface area contributed by atoms with Crippen LogP contribution in [0.25, 0.3) is 0 Å². The van der Waals surface area contributed by atoms with Gasteiger partial charge >= 0.3 is 0 Å². The summed E-state index contributed by atoms with van der Waals surface area (Å²) in [6.07, 6.45) is 7.04. The number of thiol groups is 1. The van der Waals surface area contributed by atoms with E-state index in [0.717, 1.165) is 32.0 Å². The fourth-order valence-corrected chi connectivity index (χ4v) is 3.21. The molecule has 2 aliphatic rings. The van der Waals surface area contributed by atoms with Crippen LogP contribution in [0.15, 0.2) is 0 Å². The highest BCUT2D eigenvalue weighted by Crippen LogP contribution is 2.21. The van der Waals surface area contributed by atoms with Crippen molar-refractivity contribution in [3.05, 3.63) is 0 Å². The lowest BCUT2D eigenvalue weighted by molar-refractivity contribution is -0.132. The smallest absolute Gasteiger partial charge is 0.223 e. The van der Waals surface area contributed by atoms with Crippen LogP contribution in [0.1, 0.15) is 38.5 Å². The molecule has 17 heavy (non-hydrogen) atoms. The lowest BCUT2D eigenvalue weighted by Crippen LogP contribution is -2.48. The van der Waals surface area contributed by atoms with Crippen LogP contribution in [0.4, 0.5) is 0 Å². The molecule has 0 radical (unpaired) electrons. The highest BCUT2D eigenvalue weighted by molar-refractivity contribution is 7.80. The van der Waals surface area contributed by atoms with Crippen LogP contribution in [-0.2, 0) is 4.79 Å². The molecular weight excluding hydrogens is 232 g/mol. The number of carbonyl (C=O) groups excluding carboxylic acids is 1. The molecule has 2 aliphatic heterocycles. The topological polar surface area (TPSA) is 23.6 Å². The number of rotatable bonds is 3. The molecule has 0 aliphatic carbocycles. The van der Waals surface area contributed by atoms with E-state index in [2.05, 4.69) is 17.5 Å². The van der Waals surface area contributed by atoms with Crippen LogP contribution in [0.5, 0.6) is 0 Å². The molecule has 0 aromatic carbocycles. The molecule has 0 unspecified atom stereocenters. The molecule has 0 bridgehead atoms. The highest BCUT2D eigenvalue weighted by atomic mass is 32.1. The van der Waals surface area contributed by atoms with E-state index in [9.17, 15) is 4.79 Å². The summed E-state index contributed by atoms with van der Waals surface area (Å²) in [6.45, 7) is 4.45. The van der Waals surface area contributed by atoms with Crippen molar-refractivity contribution in [3.63, 3.8) is 0 Å². The second kappa shape index (κ2) is 6.64. The van der Waals surface area contributed by atoms with Crippen molar-refractivity contribution in [2.75, 3.05) is 31.9 Å². The van der Waals surface area contributed by atoms with Crippen LogP contribution in [-0.4, -0.2) is 53.7 Å². The molecule has 0 atom stereocenters. The van der Waals surface area contributed by atoms with Gasteiger partial charge in [0.25, 0.3) is 0 Å². The van der Waals surface area contributed by atoms with Crippen molar-refractivity contribution < 1.29 is 4.79 Å². The maximum absolute atomic E-state index is 11.7. The zero-order valence-electron chi connectivity index (χ0n) is 10.6. The highest BCUT2D eigenvalue weighted by Gasteiger charge is 2.26. The lowest BCUT2D eigenvalue weighted by atomic mass is 10.00. The Bertz CT molecular complexity index is 246. The normalized spacial score (nSPS) is 23.9. The number of hydrogen-bond donors (Lipinski definition) is 1. The van der Waals surface area contributed by atoms with E-state index in [4.69, 9.17) is 0 Å². The van der Waals surface area contributed by atoms with E-state index in [1.165, 1.54) is 32.4 Å². The fourth-order valence-electron chi connectivity index (χ4n) is 3.02. The second-order valence-electron chi connectivity index (χ2n) is 5.18. The maximum Gasteiger partial charge on any atom is 0.223 e. The van der Waals surface area contributed by atoms with Crippen molar-refractivity contribution in [2.24, 2.45) is 0 Å². The maximum atomic E-state index is 11.7. The minimum absolute atomic E-state index is 0.289. The Labute approximate surface area is 110 Å². The average Bonchev–Trinajstić information content (AvgIpc) is 2.40. The van der Waals surface area contributed by atoms with E-state index in [1.807, 2.05) is 4.90 Å². The summed E-state index contributed by atoms with van der Waals surface area (Å²) in [6, 6.07) is 0.732. The van der Waals surface area contributed by atoms with Crippen molar-refractivity contribution in [1.29, 1.82) is 0 Å². The van der Waals surface area contributed by atoms with Gasteiger partial charge in [0.15, 0.2) is 0 Å². The molecule has 1 amide bonds. The molecule has 0 spiro atoms. The molecule has 0 N–H and O–H groups in total. The van der Waals surface area contributed by atoms with Crippen molar-refractivity contribution in [1.82, 2.24) is 9.80 Å². The van der Waals surface area contributed by atoms with E-state index in [-0.39, 0.29) is 5.91 Å². The first-order valence-corrected chi connectivity index (χ1v) is 7.57. The number of amides is 1. The molecule has 0 saturated carbocycles. The Morgan fingerprint density at radius 2 is 1.71 bits per heavy atom. The number of nitrogens with zero attached hydrogens (tertiary/aromatic N) is 2. The van der Waals surface area contributed by atoms with Crippen LogP contribution < -0.4 is 0 Å². The quantitative estimate of drug-likeness (QED) is 0.778. The Balaban J connectivity index is 1.75. The van der Waals surface area contributed by atoms with Gasteiger partial charge in [-0.2, -0.15) is 12.6 Å². The fraction of sp³-hybridized carbons (Fsp3) is 0.923. The van der Waals surface area contributed by atoms with Gasteiger partial charge in [-0.05, 0) is 44.5 Å². The Kier molecular flexibility index (Phi) is 5.16. The van der Waals surface area contributed by atoms with E-state index < -0.39 is 0 Å². The van der Waals surface area contributed by atoms with Crippen molar-refractivity contribution in [2.45, 2.75) is 44.6 Å². The minimum atomic E-state index is 0.289. The van der Waals surface area contributed by atoms with Crippen molar-refractivity contribution >= 4 is 18.5 Å². The molecule has 0 aromatic heterocycles. The van der Waals surface area contributed by atoms with Gasteiger partial charge in [0, 0.05) is 25.6 Å². The first kappa shape index (κ1) is 13.2. The van der Waals surface area contributed by atoms with Gasteiger partial charge in [0.2, 0.25) is 5.91 Å². The van der Waals surface area contributed by atoms with Gasteiger partial charge in [-0.25, -0.2) is 0 Å². The third-order valence-electron chi connectivity index (χ3n) is 4.05. The SMILES string of the molecule is O=C(CCS)N1CCC(N2CCCCC2)CC1. The van der Waals surface area contributed by atoms with Gasteiger partial charge < -0.3 is 9.80 Å². The zero-order chi connectivity index (χ0) is 12.1. The van der Waals surface area contributed by atoms with Crippen LogP contribution >= 0.6 is 12.6 Å². The third-order valence-corrected chi connectivity index (χ3v) is 4.27. The molecule has 2 heterocycles. The summed E-state index contributed by atoms with van der Waals surface area (Å²) in [5.74, 6) is 0.960. The molecule has 98 valence electrons. The predicted octanol–water partition coefficient (Wildman–Crippen LogP) is 1.78. The summed E-state index contributed by atoms with van der Waals surface area (Å²) in [5, 5.41) is 0. The van der Waals surface area contributed by atoms with Crippen LogP contribution in [0, 0.1) is 0 Å². The Hall–Kier alpha value is -0.220. The first-order valence-electron chi connectivity index (χ1n) is 6.94. The minimum Gasteiger partial charge on any atom is -0.343 e. The number of likely N-dealkylation sites (tertiary alicyclic amines) is 2. The molecular formula is C13H24N2OS. The average molecular weight is 256 g/mol. The van der Waals surface area contributed by atoms with Crippen LogP contribution in [0.2, 0.25) is 0 Å². The number of hydrogen-bond acceptors (Lipinski definition) is 3. The third kappa shape index (κ3) is 3.62. The molecule has 3 nitrogen and oxygen atoms in total. The summed E-state index contributed by atoms with van der Waals surface area (Å²) in [5.41, 5.74) is 0. The summed E-state index contributed by atoms with van der Waals surface area (Å²) < 4.78 is 0. The molecule has 2 fully saturated rings. The summed E-state index contributed by atoms with van der Waals surface area (Å²) in [7, 11) is 0. The predicted molar refractivity (Wildman–Crippen MR) is 73.5 cm³/mol. The standard InChI is InChI=1S/C13H24N2OS/c16-13(6-11-17)15-9-4-12(5-10-15)14-7-2-1-3-8-14/h12,17H,1-11H2. The Morgan fingerprint density at radius 3 is 2.29 bits per heavy atom. The molecule has 2 rings (SSSR count). The van der Waals surface area contributed by atoms with E-state index >= 15 is 0 Å². The molecule has 4 heteroatoms.